The Morgan fingerprint density at radius 1 is 1.15 bits per heavy atom. The van der Waals surface area contributed by atoms with Gasteiger partial charge in [0, 0.05) is 18.0 Å². The van der Waals surface area contributed by atoms with Crippen LogP contribution in [0.1, 0.15) is 23.1 Å². The second kappa shape index (κ2) is 6.31. The smallest absolute Gasteiger partial charge is 0.142 e. The molecule has 0 fully saturated rings. The van der Waals surface area contributed by atoms with E-state index in [4.69, 9.17) is 17.3 Å². The van der Waals surface area contributed by atoms with E-state index in [0.29, 0.717) is 5.56 Å². The van der Waals surface area contributed by atoms with Crippen LogP contribution in [0.15, 0.2) is 42.5 Å². The van der Waals surface area contributed by atoms with Gasteiger partial charge in [-0.05, 0) is 23.8 Å². The molecule has 2 aromatic rings. The molecule has 2 unspecified atom stereocenters. The van der Waals surface area contributed by atoms with Crippen molar-refractivity contribution in [3.63, 3.8) is 0 Å². The van der Waals surface area contributed by atoms with Crippen LogP contribution in [0.3, 0.4) is 0 Å². The van der Waals surface area contributed by atoms with Crippen molar-refractivity contribution >= 4 is 11.6 Å². The average molecular weight is 298 g/mol. The number of hydrogen-bond acceptors (Lipinski definition) is 2. The molecule has 106 valence electrons. The maximum Gasteiger partial charge on any atom is 0.142 e. The van der Waals surface area contributed by atoms with Gasteiger partial charge in [-0.2, -0.15) is 0 Å². The standard InChI is InChI=1S/C15H14ClF2NO/c16-14-11(5-2-6-13(14)18)15(20)12(8-19)9-3-1-4-10(17)7-9/h1-7,12,15,20H,8,19H2. The fraction of sp³-hybridized carbons (Fsp3) is 0.200. The monoisotopic (exact) mass is 297 g/mol. The predicted octanol–water partition coefficient (Wildman–Crippen LogP) is 3.39. The molecule has 0 aliphatic rings. The van der Waals surface area contributed by atoms with Crippen molar-refractivity contribution in [2.24, 2.45) is 5.73 Å². The van der Waals surface area contributed by atoms with E-state index in [0.717, 1.165) is 0 Å². The Balaban J connectivity index is 2.39. The Kier molecular flexibility index (Phi) is 4.70. The van der Waals surface area contributed by atoms with E-state index in [1.165, 1.54) is 36.4 Å². The Bertz CT molecular complexity index is 606. The quantitative estimate of drug-likeness (QED) is 0.908. The van der Waals surface area contributed by atoms with Crippen LogP contribution in [-0.4, -0.2) is 11.7 Å². The summed E-state index contributed by atoms with van der Waals surface area (Å²) in [5.41, 5.74) is 6.45. The van der Waals surface area contributed by atoms with Crippen LogP contribution < -0.4 is 5.73 Å². The van der Waals surface area contributed by atoms with Gasteiger partial charge < -0.3 is 10.8 Å². The van der Waals surface area contributed by atoms with Gasteiger partial charge in [0.15, 0.2) is 0 Å². The van der Waals surface area contributed by atoms with Gasteiger partial charge >= 0.3 is 0 Å². The summed E-state index contributed by atoms with van der Waals surface area (Å²) in [6.45, 7) is 0.0808. The molecule has 0 spiro atoms. The maximum atomic E-state index is 13.4. The lowest BCUT2D eigenvalue weighted by molar-refractivity contribution is 0.147. The summed E-state index contributed by atoms with van der Waals surface area (Å²) >= 11 is 5.86. The minimum atomic E-state index is -1.11. The molecule has 0 saturated carbocycles. The van der Waals surface area contributed by atoms with Gasteiger partial charge in [0.1, 0.15) is 11.6 Å². The van der Waals surface area contributed by atoms with Crippen LogP contribution in [-0.2, 0) is 0 Å². The molecule has 0 aliphatic carbocycles. The molecule has 0 amide bonds. The first kappa shape index (κ1) is 14.9. The summed E-state index contributed by atoms with van der Waals surface area (Å²) in [4.78, 5) is 0. The van der Waals surface area contributed by atoms with E-state index in [-0.39, 0.29) is 17.1 Å². The largest absolute Gasteiger partial charge is 0.388 e. The molecule has 5 heteroatoms. The molecule has 0 aromatic heterocycles. The second-order valence-electron chi connectivity index (χ2n) is 4.49. The molecule has 0 saturated heterocycles. The van der Waals surface area contributed by atoms with Crippen molar-refractivity contribution in [3.05, 3.63) is 70.2 Å². The number of rotatable bonds is 4. The summed E-state index contributed by atoms with van der Waals surface area (Å²) < 4.78 is 26.7. The summed E-state index contributed by atoms with van der Waals surface area (Å²) in [6.07, 6.45) is -1.11. The first-order chi connectivity index (χ1) is 9.54. The highest BCUT2D eigenvalue weighted by Gasteiger charge is 2.24. The second-order valence-corrected chi connectivity index (χ2v) is 4.86. The Labute approximate surface area is 120 Å². The third-order valence-corrected chi connectivity index (χ3v) is 3.61. The zero-order valence-electron chi connectivity index (χ0n) is 10.6. The molecule has 0 heterocycles. The zero-order chi connectivity index (χ0) is 14.7. The number of aliphatic hydroxyl groups is 1. The number of benzene rings is 2. The molecular formula is C15H14ClF2NO. The first-order valence-corrected chi connectivity index (χ1v) is 6.50. The topological polar surface area (TPSA) is 46.2 Å². The number of halogens is 3. The minimum absolute atomic E-state index is 0.0808. The Morgan fingerprint density at radius 2 is 1.85 bits per heavy atom. The number of nitrogens with two attached hydrogens (primary N) is 1. The SMILES string of the molecule is NCC(c1cccc(F)c1)C(O)c1cccc(F)c1Cl. The fourth-order valence-electron chi connectivity index (χ4n) is 2.15. The van der Waals surface area contributed by atoms with E-state index in [2.05, 4.69) is 0 Å². The molecule has 2 rings (SSSR count). The van der Waals surface area contributed by atoms with Crippen molar-refractivity contribution in [1.29, 1.82) is 0 Å². The predicted molar refractivity (Wildman–Crippen MR) is 74.6 cm³/mol. The van der Waals surface area contributed by atoms with Crippen molar-refractivity contribution in [3.8, 4) is 0 Å². The van der Waals surface area contributed by atoms with Crippen LogP contribution in [0.4, 0.5) is 8.78 Å². The van der Waals surface area contributed by atoms with Crippen LogP contribution in [0.2, 0.25) is 5.02 Å². The molecule has 2 atom stereocenters. The van der Waals surface area contributed by atoms with Crippen molar-refractivity contribution < 1.29 is 13.9 Å². The lowest BCUT2D eigenvalue weighted by Gasteiger charge is -2.23. The number of hydrogen-bond donors (Lipinski definition) is 2. The van der Waals surface area contributed by atoms with Crippen LogP contribution in [0, 0.1) is 11.6 Å². The van der Waals surface area contributed by atoms with Gasteiger partial charge in [-0.3, -0.25) is 0 Å². The fourth-order valence-corrected chi connectivity index (χ4v) is 2.39. The lowest BCUT2D eigenvalue weighted by atomic mass is 9.89. The molecule has 0 aliphatic heterocycles. The summed E-state index contributed by atoms with van der Waals surface area (Å²) in [6, 6.07) is 9.99. The zero-order valence-corrected chi connectivity index (χ0v) is 11.3. The van der Waals surface area contributed by atoms with E-state index in [9.17, 15) is 13.9 Å². The van der Waals surface area contributed by atoms with Gasteiger partial charge in [-0.15, -0.1) is 0 Å². The molecule has 0 bridgehead atoms. The van der Waals surface area contributed by atoms with Crippen molar-refractivity contribution in [1.82, 2.24) is 0 Å². The first-order valence-electron chi connectivity index (χ1n) is 6.12. The van der Waals surface area contributed by atoms with Crippen LogP contribution >= 0.6 is 11.6 Å². The Hall–Kier alpha value is -1.49. The molecule has 3 N–H and O–H groups in total. The van der Waals surface area contributed by atoms with E-state index >= 15 is 0 Å². The normalized spacial score (nSPS) is 14.1. The molecule has 2 aromatic carbocycles. The third-order valence-electron chi connectivity index (χ3n) is 3.21. The highest BCUT2D eigenvalue weighted by Crippen LogP contribution is 2.35. The van der Waals surface area contributed by atoms with Gasteiger partial charge in [0.2, 0.25) is 0 Å². The highest BCUT2D eigenvalue weighted by atomic mass is 35.5. The third kappa shape index (κ3) is 2.98. The Morgan fingerprint density at radius 3 is 2.50 bits per heavy atom. The highest BCUT2D eigenvalue weighted by molar-refractivity contribution is 6.31. The number of aliphatic hydroxyl groups excluding tert-OH is 1. The van der Waals surface area contributed by atoms with E-state index in [1.54, 1.807) is 6.07 Å². The lowest BCUT2D eigenvalue weighted by Crippen LogP contribution is -2.20. The summed E-state index contributed by atoms with van der Waals surface area (Å²) in [7, 11) is 0. The summed E-state index contributed by atoms with van der Waals surface area (Å²) in [5.74, 6) is -1.60. The van der Waals surface area contributed by atoms with Crippen LogP contribution in [0.5, 0.6) is 0 Å². The van der Waals surface area contributed by atoms with Gasteiger partial charge in [-0.25, -0.2) is 8.78 Å². The molecule has 2 nitrogen and oxygen atoms in total. The van der Waals surface area contributed by atoms with Gasteiger partial charge in [0.05, 0.1) is 11.1 Å². The summed E-state index contributed by atoms with van der Waals surface area (Å²) in [5, 5.41) is 10.2. The average Bonchev–Trinajstić information content (AvgIpc) is 2.42. The van der Waals surface area contributed by atoms with E-state index in [1.807, 2.05) is 0 Å². The van der Waals surface area contributed by atoms with Gasteiger partial charge in [-0.1, -0.05) is 35.9 Å². The van der Waals surface area contributed by atoms with Crippen molar-refractivity contribution in [2.45, 2.75) is 12.0 Å². The van der Waals surface area contributed by atoms with E-state index < -0.39 is 23.7 Å². The molecule has 0 radical (unpaired) electrons. The molecule has 20 heavy (non-hydrogen) atoms. The van der Waals surface area contributed by atoms with Gasteiger partial charge in [0.25, 0.3) is 0 Å². The van der Waals surface area contributed by atoms with Crippen LogP contribution in [0.25, 0.3) is 0 Å². The molecular weight excluding hydrogens is 284 g/mol. The van der Waals surface area contributed by atoms with Crippen molar-refractivity contribution in [2.75, 3.05) is 6.54 Å². The maximum absolute atomic E-state index is 13.4. The minimum Gasteiger partial charge on any atom is -0.388 e.